The normalized spacial score (nSPS) is 21.9. The number of likely N-dealkylation sites (tertiary alicyclic amines) is 1. The highest BCUT2D eigenvalue weighted by molar-refractivity contribution is 5.94. The van der Waals surface area contributed by atoms with Gasteiger partial charge in [0.15, 0.2) is 0 Å². The number of carbonyl (C=O) groups is 2. The summed E-state index contributed by atoms with van der Waals surface area (Å²) in [5, 5.41) is 16.0. The zero-order valence-corrected chi connectivity index (χ0v) is 17.4. The lowest BCUT2D eigenvalue weighted by molar-refractivity contribution is -0.123. The van der Waals surface area contributed by atoms with E-state index in [2.05, 4.69) is 10.6 Å². The van der Waals surface area contributed by atoms with Crippen molar-refractivity contribution in [3.05, 3.63) is 23.5 Å². The van der Waals surface area contributed by atoms with Gasteiger partial charge in [0.25, 0.3) is 5.91 Å². The Kier molecular flexibility index (Phi) is 6.37. The molecule has 3 N–H and O–H groups in total. The Bertz CT molecular complexity index is 668. The van der Waals surface area contributed by atoms with Gasteiger partial charge in [-0.05, 0) is 31.7 Å². The third-order valence-electron chi connectivity index (χ3n) is 5.26. The average Bonchev–Trinajstić information content (AvgIpc) is 3.04. The summed E-state index contributed by atoms with van der Waals surface area (Å²) >= 11 is 0. The number of hydrogen-bond acceptors (Lipinski definition) is 4. The molecule has 2 heterocycles. The lowest BCUT2D eigenvalue weighted by atomic mass is 9.86. The molecule has 1 fully saturated rings. The molecule has 0 radical (unpaired) electrons. The first kappa shape index (κ1) is 21.4. The summed E-state index contributed by atoms with van der Waals surface area (Å²) in [6.45, 7) is 11.7. The van der Waals surface area contributed by atoms with Gasteiger partial charge < -0.3 is 20.3 Å². The summed E-state index contributed by atoms with van der Waals surface area (Å²) in [4.78, 5) is 26.8. The van der Waals surface area contributed by atoms with Crippen molar-refractivity contribution in [1.82, 2.24) is 20.1 Å². The topological polar surface area (TPSA) is 86.6 Å². The number of aromatic nitrogens is 1. The van der Waals surface area contributed by atoms with Gasteiger partial charge in [0.1, 0.15) is 0 Å². The SMILES string of the molecule is Cc1cc(C(=O)NC[C@H](NC(=O)CN2CCC(C)(O)C2)C(C)(C)C)cn1C. The first-order chi connectivity index (χ1) is 12.4. The molecule has 7 nitrogen and oxygen atoms in total. The second-order valence-electron chi connectivity index (χ2n) is 9.13. The van der Waals surface area contributed by atoms with Crippen molar-refractivity contribution in [2.75, 3.05) is 26.2 Å². The van der Waals surface area contributed by atoms with Gasteiger partial charge in [-0.15, -0.1) is 0 Å². The van der Waals surface area contributed by atoms with Crippen LogP contribution < -0.4 is 10.6 Å². The molecular weight excluding hydrogens is 344 g/mol. The van der Waals surface area contributed by atoms with E-state index >= 15 is 0 Å². The smallest absolute Gasteiger partial charge is 0.252 e. The van der Waals surface area contributed by atoms with Crippen LogP contribution in [-0.4, -0.2) is 64.2 Å². The molecule has 1 aliphatic heterocycles. The highest BCUT2D eigenvalue weighted by Crippen LogP contribution is 2.21. The molecule has 2 amide bonds. The van der Waals surface area contributed by atoms with Crippen LogP contribution in [0.4, 0.5) is 0 Å². The number of rotatable bonds is 6. The molecule has 1 aliphatic rings. The van der Waals surface area contributed by atoms with E-state index in [1.165, 1.54) is 0 Å². The molecule has 0 spiro atoms. The largest absolute Gasteiger partial charge is 0.389 e. The lowest BCUT2D eigenvalue weighted by Crippen LogP contribution is -2.52. The minimum atomic E-state index is -0.717. The van der Waals surface area contributed by atoms with Crippen LogP contribution in [-0.2, 0) is 11.8 Å². The standard InChI is InChI=1S/C20H34N4O3/c1-14-9-15(11-23(14)6)18(26)21-10-16(19(2,3)4)22-17(25)12-24-8-7-20(5,27)13-24/h9,11,16,27H,7-8,10,12-13H2,1-6H3,(H,21,26)(H,22,25)/t16-,20?/m0/s1. The summed E-state index contributed by atoms with van der Waals surface area (Å²) in [6.07, 6.45) is 2.48. The first-order valence-corrected chi connectivity index (χ1v) is 9.53. The summed E-state index contributed by atoms with van der Waals surface area (Å²) in [6, 6.07) is 1.65. The molecule has 27 heavy (non-hydrogen) atoms. The maximum atomic E-state index is 12.5. The summed E-state index contributed by atoms with van der Waals surface area (Å²) in [5.41, 5.74) is 0.716. The minimum Gasteiger partial charge on any atom is -0.389 e. The monoisotopic (exact) mass is 378 g/mol. The van der Waals surface area contributed by atoms with E-state index in [0.717, 1.165) is 5.69 Å². The molecule has 1 unspecified atom stereocenters. The lowest BCUT2D eigenvalue weighted by Gasteiger charge is -2.32. The van der Waals surface area contributed by atoms with Gasteiger partial charge in [-0.25, -0.2) is 0 Å². The molecule has 1 saturated heterocycles. The van der Waals surface area contributed by atoms with E-state index in [1.54, 1.807) is 13.1 Å². The number of nitrogens with one attached hydrogen (secondary N) is 2. The number of β-amino-alcohol motifs (C(OH)–C–C–N with tert-alkyl or cyclic N) is 1. The number of amides is 2. The quantitative estimate of drug-likeness (QED) is 0.691. The number of hydrogen-bond donors (Lipinski definition) is 3. The van der Waals surface area contributed by atoms with Crippen LogP contribution in [0.2, 0.25) is 0 Å². The van der Waals surface area contributed by atoms with Crippen LogP contribution in [0.25, 0.3) is 0 Å². The maximum absolute atomic E-state index is 12.5. The molecule has 152 valence electrons. The Morgan fingerprint density at radius 3 is 2.52 bits per heavy atom. The Morgan fingerprint density at radius 2 is 2.04 bits per heavy atom. The fraction of sp³-hybridized carbons (Fsp3) is 0.700. The highest BCUT2D eigenvalue weighted by atomic mass is 16.3. The van der Waals surface area contributed by atoms with Crippen molar-refractivity contribution in [1.29, 1.82) is 0 Å². The van der Waals surface area contributed by atoms with E-state index in [0.29, 0.717) is 31.6 Å². The summed E-state index contributed by atoms with van der Waals surface area (Å²) in [5.74, 6) is -0.227. The second-order valence-corrected chi connectivity index (χ2v) is 9.13. The van der Waals surface area contributed by atoms with Crippen molar-refractivity contribution >= 4 is 11.8 Å². The van der Waals surface area contributed by atoms with Gasteiger partial charge >= 0.3 is 0 Å². The van der Waals surface area contributed by atoms with Crippen LogP contribution >= 0.6 is 0 Å². The third-order valence-corrected chi connectivity index (χ3v) is 5.26. The third kappa shape index (κ3) is 6.07. The molecule has 2 atom stereocenters. The van der Waals surface area contributed by atoms with Crippen LogP contribution in [0.15, 0.2) is 12.3 Å². The molecule has 2 rings (SSSR count). The predicted octanol–water partition coefficient (Wildman–Crippen LogP) is 1.05. The van der Waals surface area contributed by atoms with Crippen LogP contribution in [0.5, 0.6) is 0 Å². The van der Waals surface area contributed by atoms with Gasteiger partial charge in [-0.2, -0.15) is 0 Å². The average molecular weight is 379 g/mol. The van der Waals surface area contributed by atoms with E-state index in [9.17, 15) is 14.7 Å². The highest BCUT2D eigenvalue weighted by Gasteiger charge is 2.33. The number of carbonyl (C=O) groups excluding carboxylic acids is 2. The Morgan fingerprint density at radius 1 is 1.37 bits per heavy atom. The number of aliphatic hydroxyl groups is 1. The van der Waals surface area contributed by atoms with Gasteiger partial charge in [0.05, 0.1) is 23.8 Å². The Labute approximate surface area is 162 Å². The van der Waals surface area contributed by atoms with E-state index in [1.807, 2.05) is 50.3 Å². The summed E-state index contributed by atoms with van der Waals surface area (Å²) in [7, 11) is 1.90. The van der Waals surface area contributed by atoms with Crippen molar-refractivity contribution in [3.8, 4) is 0 Å². The molecule has 1 aromatic heterocycles. The van der Waals surface area contributed by atoms with Gasteiger partial charge in [0, 0.05) is 38.6 Å². The Hall–Kier alpha value is -1.86. The van der Waals surface area contributed by atoms with E-state index in [-0.39, 0.29) is 29.8 Å². The fourth-order valence-electron chi connectivity index (χ4n) is 3.29. The zero-order valence-electron chi connectivity index (χ0n) is 17.4. The molecule has 7 heteroatoms. The van der Waals surface area contributed by atoms with Gasteiger partial charge in [-0.3, -0.25) is 14.5 Å². The number of aryl methyl sites for hydroxylation is 2. The second kappa shape index (κ2) is 8.02. The predicted molar refractivity (Wildman–Crippen MR) is 106 cm³/mol. The van der Waals surface area contributed by atoms with Crippen LogP contribution in [0.1, 0.15) is 50.2 Å². The first-order valence-electron chi connectivity index (χ1n) is 9.53. The zero-order chi connectivity index (χ0) is 20.4. The molecular formula is C20H34N4O3. The van der Waals surface area contributed by atoms with Crippen molar-refractivity contribution < 1.29 is 14.7 Å². The Balaban J connectivity index is 1.91. The van der Waals surface area contributed by atoms with Crippen molar-refractivity contribution in [3.63, 3.8) is 0 Å². The molecule has 0 aromatic carbocycles. The number of nitrogens with zero attached hydrogens (tertiary/aromatic N) is 2. The van der Waals surface area contributed by atoms with E-state index in [4.69, 9.17) is 0 Å². The van der Waals surface area contributed by atoms with Crippen molar-refractivity contribution in [2.45, 2.75) is 52.7 Å². The van der Waals surface area contributed by atoms with E-state index < -0.39 is 5.60 Å². The van der Waals surface area contributed by atoms with Gasteiger partial charge in [0.2, 0.25) is 5.91 Å². The molecule has 0 aliphatic carbocycles. The van der Waals surface area contributed by atoms with Gasteiger partial charge in [-0.1, -0.05) is 20.8 Å². The maximum Gasteiger partial charge on any atom is 0.252 e. The molecule has 1 aromatic rings. The van der Waals surface area contributed by atoms with Crippen LogP contribution in [0.3, 0.4) is 0 Å². The minimum absolute atomic E-state index is 0.0857. The van der Waals surface area contributed by atoms with Crippen LogP contribution in [0, 0.1) is 12.3 Å². The molecule has 0 saturated carbocycles. The summed E-state index contributed by atoms with van der Waals surface area (Å²) < 4.78 is 1.91. The fourth-order valence-corrected chi connectivity index (χ4v) is 3.29. The van der Waals surface area contributed by atoms with Crippen molar-refractivity contribution in [2.24, 2.45) is 12.5 Å². The molecule has 0 bridgehead atoms.